The maximum absolute atomic E-state index is 13.9. The summed E-state index contributed by atoms with van der Waals surface area (Å²) in [5, 5.41) is 7.14. The maximum Gasteiger partial charge on any atom is 0.326 e. The molecule has 0 saturated carbocycles. The summed E-state index contributed by atoms with van der Waals surface area (Å²) in [7, 11) is 0. The van der Waals surface area contributed by atoms with Crippen molar-refractivity contribution in [2.45, 2.75) is 33.2 Å². The van der Waals surface area contributed by atoms with Crippen LogP contribution in [0, 0.1) is 18.6 Å². The van der Waals surface area contributed by atoms with E-state index in [1.54, 1.807) is 32.0 Å². The molecule has 6 nitrogen and oxygen atoms in total. The fourth-order valence-electron chi connectivity index (χ4n) is 4.34. The average molecular weight is 487 g/mol. The zero-order valence-electron chi connectivity index (χ0n) is 20.0. The van der Waals surface area contributed by atoms with Gasteiger partial charge in [0.1, 0.15) is 11.6 Å². The highest BCUT2D eigenvalue weighted by Crippen LogP contribution is 2.39. The fourth-order valence-corrected chi connectivity index (χ4v) is 4.34. The molecule has 0 fully saturated rings. The molecule has 1 unspecified atom stereocenters. The zero-order valence-corrected chi connectivity index (χ0v) is 20.0. The number of amides is 2. The van der Waals surface area contributed by atoms with Gasteiger partial charge in [-0.15, -0.1) is 0 Å². The number of anilines is 1. The molecule has 1 aliphatic rings. The highest BCUT2D eigenvalue weighted by molar-refractivity contribution is 6.01. The van der Waals surface area contributed by atoms with Crippen LogP contribution < -0.4 is 10.2 Å². The lowest BCUT2D eigenvalue weighted by molar-refractivity contribution is 0.244. The third kappa shape index (κ3) is 4.26. The van der Waals surface area contributed by atoms with Crippen molar-refractivity contribution in [3.05, 3.63) is 107 Å². The Bertz CT molecular complexity index is 1460. The molecule has 0 saturated heterocycles. The molecule has 2 amide bonds. The van der Waals surface area contributed by atoms with E-state index in [1.807, 2.05) is 24.3 Å². The number of nitrogens with one attached hydrogen (secondary N) is 1. The minimum Gasteiger partial charge on any atom is -0.334 e. The van der Waals surface area contributed by atoms with Crippen molar-refractivity contribution in [3.8, 4) is 11.4 Å². The Kier molecular flexibility index (Phi) is 6.10. The quantitative estimate of drug-likeness (QED) is 0.346. The van der Waals surface area contributed by atoms with Crippen LogP contribution in [0.25, 0.3) is 17.0 Å². The number of hydrogen-bond donors (Lipinski definition) is 1. The first-order valence-electron chi connectivity index (χ1n) is 11.6. The molecule has 36 heavy (non-hydrogen) atoms. The largest absolute Gasteiger partial charge is 0.334 e. The van der Waals surface area contributed by atoms with Crippen molar-refractivity contribution in [3.63, 3.8) is 0 Å². The summed E-state index contributed by atoms with van der Waals surface area (Å²) in [4.78, 5) is 19.3. The molecule has 0 bridgehead atoms. The highest BCUT2D eigenvalue weighted by atomic mass is 19.1. The smallest absolute Gasteiger partial charge is 0.326 e. The van der Waals surface area contributed by atoms with E-state index in [0.717, 1.165) is 12.0 Å². The molecule has 182 valence electrons. The molecule has 3 aromatic carbocycles. The summed E-state index contributed by atoms with van der Waals surface area (Å²) in [6.45, 7) is 5.48. The monoisotopic (exact) mass is 486 g/mol. The molecule has 4 aromatic rings. The first-order chi connectivity index (χ1) is 17.4. The topological polar surface area (TPSA) is 71.3 Å². The minimum absolute atomic E-state index is 0.222. The van der Waals surface area contributed by atoms with Gasteiger partial charge in [0, 0.05) is 11.3 Å². The standard InChI is InChI=1S/C28H24F2N4O2/c1-4-18-5-7-20(8-6-18)26-32-27(36-33-26)24-17(3)34(22-13-14-23(30)16(2)15-22)28(35)31-25(24)19-9-11-21(29)12-10-19/h5-15,25H,4H2,1-3H3,(H,31,35). The van der Waals surface area contributed by atoms with Gasteiger partial charge in [-0.1, -0.05) is 48.5 Å². The van der Waals surface area contributed by atoms with E-state index in [1.165, 1.54) is 34.7 Å². The van der Waals surface area contributed by atoms with E-state index in [4.69, 9.17) is 4.52 Å². The van der Waals surface area contributed by atoms with Crippen molar-refractivity contribution in [1.29, 1.82) is 0 Å². The van der Waals surface area contributed by atoms with Gasteiger partial charge in [-0.25, -0.2) is 13.6 Å². The summed E-state index contributed by atoms with van der Waals surface area (Å²) in [5.74, 6) is -0.118. The molecule has 1 aliphatic heterocycles. The molecular weight excluding hydrogens is 462 g/mol. The van der Waals surface area contributed by atoms with Crippen LogP contribution in [0.4, 0.5) is 19.3 Å². The van der Waals surface area contributed by atoms with Crippen LogP contribution in [0.15, 0.2) is 77.0 Å². The van der Waals surface area contributed by atoms with E-state index in [9.17, 15) is 13.6 Å². The normalized spacial score (nSPS) is 15.9. The number of carbonyl (C=O) groups excluding carboxylic acids is 1. The molecule has 8 heteroatoms. The lowest BCUT2D eigenvalue weighted by atomic mass is 9.94. The number of benzene rings is 3. The van der Waals surface area contributed by atoms with Gasteiger partial charge in [0.25, 0.3) is 5.89 Å². The van der Waals surface area contributed by atoms with Gasteiger partial charge in [-0.2, -0.15) is 4.98 Å². The Labute approximate surface area is 207 Å². The van der Waals surface area contributed by atoms with Crippen LogP contribution in [0.1, 0.15) is 42.5 Å². The molecule has 2 heterocycles. The molecule has 1 aromatic heterocycles. The van der Waals surface area contributed by atoms with E-state index >= 15 is 0 Å². The number of urea groups is 1. The fraction of sp³-hybridized carbons (Fsp3) is 0.179. The van der Waals surface area contributed by atoms with E-state index in [2.05, 4.69) is 22.4 Å². The number of hydrogen-bond acceptors (Lipinski definition) is 4. The molecule has 0 spiro atoms. The van der Waals surface area contributed by atoms with Crippen LogP contribution in [0.3, 0.4) is 0 Å². The lowest BCUT2D eigenvalue weighted by Gasteiger charge is -2.35. The number of rotatable bonds is 5. The van der Waals surface area contributed by atoms with Crippen LogP contribution in [0.5, 0.6) is 0 Å². The minimum atomic E-state index is -0.660. The number of allylic oxidation sites excluding steroid dienone is 1. The third-order valence-electron chi connectivity index (χ3n) is 6.36. The van der Waals surface area contributed by atoms with Crippen molar-refractivity contribution in [2.24, 2.45) is 0 Å². The predicted molar refractivity (Wildman–Crippen MR) is 133 cm³/mol. The van der Waals surface area contributed by atoms with Crippen molar-refractivity contribution in [1.82, 2.24) is 15.5 Å². The Morgan fingerprint density at radius 3 is 2.39 bits per heavy atom. The molecular formula is C28H24F2N4O2. The second kappa shape index (κ2) is 9.37. The van der Waals surface area contributed by atoms with E-state index in [-0.39, 0.29) is 17.5 Å². The van der Waals surface area contributed by atoms with Gasteiger partial charge in [-0.05, 0) is 67.3 Å². The van der Waals surface area contributed by atoms with E-state index in [0.29, 0.717) is 33.9 Å². The number of nitrogens with zero attached hydrogens (tertiary/aromatic N) is 3. The molecule has 0 radical (unpaired) electrons. The Morgan fingerprint density at radius 1 is 1.00 bits per heavy atom. The summed E-state index contributed by atoms with van der Waals surface area (Å²) < 4.78 is 33.3. The summed E-state index contributed by atoms with van der Waals surface area (Å²) in [6, 6.07) is 17.1. The van der Waals surface area contributed by atoms with Crippen molar-refractivity contribution < 1.29 is 18.1 Å². The summed E-state index contributed by atoms with van der Waals surface area (Å²) >= 11 is 0. The SMILES string of the molecule is CCc1ccc(-c2noc(C3=C(C)N(c4ccc(F)c(C)c4)C(=O)NC3c3ccc(F)cc3)n2)cc1. The van der Waals surface area contributed by atoms with Gasteiger partial charge < -0.3 is 9.84 Å². The predicted octanol–water partition coefficient (Wildman–Crippen LogP) is 6.59. The number of aryl methyl sites for hydroxylation is 2. The average Bonchev–Trinajstić information content (AvgIpc) is 3.36. The molecule has 1 atom stereocenters. The van der Waals surface area contributed by atoms with Crippen molar-refractivity contribution >= 4 is 17.3 Å². The van der Waals surface area contributed by atoms with E-state index < -0.39 is 12.1 Å². The number of carbonyl (C=O) groups is 1. The van der Waals surface area contributed by atoms with Gasteiger partial charge >= 0.3 is 6.03 Å². The molecule has 0 aliphatic carbocycles. The highest BCUT2D eigenvalue weighted by Gasteiger charge is 2.36. The molecule has 1 N–H and O–H groups in total. The summed E-state index contributed by atoms with van der Waals surface area (Å²) in [6.07, 6.45) is 0.918. The molecule has 5 rings (SSSR count). The Balaban J connectivity index is 1.64. The van der Waals surface area contributed by atoms with Crippen molar-refractivity contribution in [2.75, 3.05) is 4.90 Å². The first-order valence-corrected chi connectivity index (χ1v) is 11.6. The second-order valence-electron chi connectivity index (χ2n) is 8.68. The van der Waals surface area contributed by atoms with Gasteiger partial charge in [0.15, 0.2) is 0 Å². The van der Waals surface area contributed by atoms with Gasteiger partial charge in [-0.3, -0.25) is 4.90 Å². The van der Waals surface area contributed by atoms with Crippen LogP contribution in [-0.2, 0) is 6.42 Å². The summed E-state index contributed by atoms with van der Waals surface area (Å²) in [5.41, 5.74) is 4.64. The van der Waals surface area contributed by atoms with Crippen LogP contribution >= 0.6 is 0 Å². The maximum atomic E-state index is 13.9. The van der Waals surface area contributed by atoms with Gasteiger partial charge in [0.2, 0.25) is 5.82 Å². The van der Waals surface area contributed by atoms with Crippen LogP contribution in [0.2, 0.25) is 0 Å². The number of halogens is 2. The van der Waals surface area contributed by atoms with Gasteiger partial charge in [0.05, 0.1) is 17.3 Å². The lowest BCUT2D eigenvalue weighted by Crippen LogP contribution is -2.46. The third-order valence-corrected chi connectivity index (χ3v) is 6.36. The zero-order chi connectivity index (χ0) is 25.4. The second-order valence-corrected chi connectivity index (χ2v) is 8.68. The number of aromatic nitrogens is 2. The first kappa shape index (κ1) is 23.4. The Hall–Kier alpha value is -4.33. The van der Waals surface area contributed by atoms with Crippen LogP contribution in [-0.4, -0.2) is 16.2 Å². The Morgan fingerprint density at radius 2 is 1.72 bits per heavy atom.